The molecule has 11 heteroatoms. The van der Waals surface area contributed by atoms with E-state index < -0.39 is 23.9 Å². The van der Waals surface area contributed by atoms with Gasteiger partial charge in [0.25, 0.3) is 11.5 Å². The van der Waals surface area contributed by atoms with E-state index in [2.05, 4.69) is 27.1 Å². The van der Waals surface area contributed by atoms with Gasteiger partial charge in [-0.25, -0.2) is 9.78 Å². The van der Waals surface area contributed by atoms with Gasteiger partial charge in [-0.1, -0.05) is 12.0 Å². The molecule has 0 saturated heterocycles. The Kier molecular flexibility index (Phi) is 8.25. The number of hydrogen-bond donors (Lipinski definition) is 5. The summed E-state index contributed by atoms with van der Waals surface area (Å²) in [4.78, 5) is 55.4. The molecule has 0 bridgehead atoms. The molecule has 6 N–H and O–H groups in total. The Hall–Kier alpha value is -4.85. The molecule has 2 aromatic carbocycles. The highest BCUT2D eigenvalue weighted by molar-refractivity contribution is 5.97. The molecule has 3 aromatic rings. The summed E-state index contributed by atoms with van der Waals surface area (Å²) in [6.45, 7) is 2.52. The first kappa shape index (κ1) is 25.8. The van der Waals surface area contributed by atoms with Gasteiger partial charge >= 0.3 is 11.9 Å². The predicted molar refractivity (Wildman–Crippen MR) is 133 cm³/mol. The Bertz CT molecular complexity index is 1400. The fraction of sp³-hybridized carbons (Fsp3) is 0.240. The van der Waals surface area contributed by atoms with Crippen molar-refractivity contribution in [1.82, 2.24) is 15.3 Å². The standard InChI is InChI=1S/C25H25N5O6/c1-2-3-12-30(14-15-4-9-19-18(13-15)23(34)29-25(26)28-19)17-7-5-16(6-8-17)22(33)27-20(24(35)36)10-11-21(31)32/h4-9,13,20H,10-12,14H2,1H3,(H,27,33)(H,31,32)(H,35,36)(H3,26,28,29,34)/t20-/m0/s1. The lowest BCUT2D eigenvalue weighted by Crippen LogP contribution is -2.41. The molecule has 3 rings (SSSR count). The molecule has 186 valence electrons. The number of nitrogen functional groups attached to an aromatic ring is 1. The highest BCUT2D eigenvalue weighted by Gasteiger charge is 2.21. The smallest absolute Gasteiger partial charge is 0.326 e. The van der Waals surface area contributed by atoms with E-state index in [4.69, 9.17) is 10.8 Å². The maximum Gasteiger partial charge on any atom is 0.326 e. The normalized spacial score (nSPS) is 11.2. The van der Waals surface area contributed by atoms with Gasteiger partial charge in [-0.2, -0.15) is 0 Å². The summed E-state index contributed by atoms with van der Waals surface area (Å²) in [5, 5.41) is 20.8. The second kappa shape index (κ2) is 11.5. The third-order valence-corrected chi connectivity index (χ3v) is 5.35. The van der Waals surface area contributed by atoms with E-state index in [9.17, 15) is 24.3 Å². The van der Waals surface area contributed by atoms with Crippen molar-refractivity contribution in [3.8, 4) is 11.8 Å². The number of aliphatic carboxylic acids is 2. The van der Waals surface area contributed by atoms with Gasteiger partial charge in [0.1, 0.15) is 6.04 Å². The number of hydrogen-bond acceptors (Lipinski definition) is 7. The number of benzene rings is 2. The van der Waals surface area contributed by atoms with Gasteiger partial charge < -0.3 is 26.2 Å². The second-order valence-electron chi connectivity index (χ2n) is 7.93. The van der Waals surface area contributed by atoms with Gasteiger partial charge in [0, 0.05) is 24.2 Å². The Morgan fingerprint density at radius 1 is 1.17 bits per heavy atom. The molecule has 36 heavy (non-hydrogen) atoms. The first-order valence-electron chi connectivity index (χ1n) is 11.0. The number of aromatic amines is 1. The molecule has 0 saturated carbocycles. The number of nitrogens with zero attached hydrogens (tertiary/aromatic N) is 2. The molecule has 1 atom stereocenters. The van der Waals surface area contributed by atoms with E-state index in [0.29, 0.717) is 24.0 Å². The van der Waals surface area contributed by atoms with Crippen LogP contribution in [0.3, 0.4) is 0 Å². The number of rotatable bonds is 10. The fourth-order valence-corrected chi connectivity index (χ4v) is 3.53. The minimum atomic E-state index is -1.31. The summed E-state index contributed by atoms with van der Waals surface area (Å²) in [6.07, 6.45) is -0.609. The lowest BCUT2D eigenvalue weighted by Gasteiger charge is -2.23. The van der Waals surface area contributed by atoms with Crippen LogP contribution in [-0.2, 0) is 16.1 Å². The molecule has 1 aromatic heterocycles. The Morgan fingerprint density at radius 3 is 2.53 bits per heavy atom. The Morgan fingerprint density at radius 2 is 1.89 bits per heavy atom. The molecular formula is C25H25N5O6. The molecule has 0 aliphatic rings. The van der Waals surface area contributed by atoms with Crippen molar-refractivity contribution in [2.45, 2.75) is 32.4 Å². The highest BCUT2D eigenvalue weighted by Crippen LogP contribution is 2.20. The number of carboxylic acids is 2. The number of carbonyl (C=O) groups is 3. The van der Waals surface area contributed by atoms with Crippen LogP contribution in [0.25, 0.3) is 10.9 Å². The van der Waals surface area contributed by atoms with Crippen molar-refractivity contribution < 1.29 is 24.6 Å². The second-order valence-corrected chi connectivity index (χ2v) is 7.93. The number of anilines is 2. The quantitative estimate of drug-likeness (QED) is 0.263. The minimum absolute atomic E-state index is 0.0424. The molecule has 0 aliphatic carbocycles. The number of carbonyl (C=O) groups excluding carboxylic acids is 1. The van der Waals surface area contributed by atoms with Crippen molar-refractivity contribution in [3.63, 3.8) is 0 Å². The van der Waals surface area contributed by atoms with Crippen LogP contribution >= 0.6 is 0 Å². The van der Waals surface area contributed by atoms with Crippen LogP contribution in [0.2, 0.25) is 0 Å². The number of nitrogens with one attached hydrogen (secondary N) is 2. The fourth-order valence-electron chi connectivity index (χ4n) is 3.53. The average Bonchev–Trinajstić information content (AvgIpc) is 2.84. The van der Waals surface area contributed by atoms with Gasteiger partial charge in [0.2, 0.25) is 5.95 Å². The average molecular weight is 492 g/mol. The zero-order valence-corrected chi connectivity index (χ0v) is 19.4. The lowest BCUT2D eigenvalue weighted by atomic mass is 10.1. The molecule has 0 aliphatic heterocycles. The van der Waals surface area contributed by atoms with Crippen molar-refractivity contribution in [3.05, 3.63) is 63.9 Å². The molecule has 0 radical (unpaired) electrons. The SMILES string of the molecule is CC#CCN(Cc1ccc2nc(N)[nH]c(=O)c2c1)c1ccc(C(=O)N[C@@H](CCC(=O)O)C(=O)O)cc1. The molecule has 11 nitrogen and oxygen atoms in total. The third kappa shape index (κ3) is 6.60. The molecule has 1 heterocycles. The molecule has 0 fully saturated rings. The summed E-state index contributed by atoms with van der Waals surface area (Å²) >= 11 is 0. The summed E-state index contributed by atoms with van der Waals surface area (Å²) in [7, 11) is 0. The molecule has 0 unspecified atom stereocenters. The number of fused-ring (bicyclic) bond motifs is 1. The first-order chi connectivity index (χ1) is 17.2. The summed E-state index contributed by atoms with van der Waals surface area (Å²) < 4.78 is 0. The molecule has 1 amide bonds. The topological polar surface area (TPSA) is 179 Å². The molecular weight excluding hydrogens is 466 g/mol. The largest absolute Gasteiger partial charge is 0.481 e. The van der Waals surface area contributed by atoms with Gasteiger partial charge in [0.05, 0.1) is 17.4 Å². The molecule has 0 spiro atoms. The van der Waals surface area contributed by atoms with E-state index in [1.165, 1.54) is 0 Å². The number of aromatic nitrogens is 2. The maximum absolute atomic E-state index is 12.5. The van der Waals surface area contributed by atoms with E-state index in [1.807, 2.05) is 11.0 Å². The van der Waals surface area contributed by atoms with Crippen LogP contribution in [0.5, 0.6) is 0 Å². The number of amides is 1. The van der Waals surface area contributed by atoms with Gasteiger partial charge in [-0.05, 0) is 55.3 Å². The van der Waals surface area contributed by atoms with Crippen LogP contribution in [-0.4, -0.2) is 50.6 Å². The predicted octanol–water partition coefficient (Wildman–Crippen LogP) is 1.58. The number of carboxylic acid groups (broad SMARTS) is 2. The van der Waals surface area contributed by atoms with E-state index >= 15 is 0 Å². The first-order valence-corrected chi connectivity index (χ1v) is 11.0. The summed E-state index contributed by atoms with van der Waals surface area (Å²) in [6, 6.07) is 10.5. The Labute approximate surface area is 206 Å². The number of nitrogens with two attached hydrogens (primary N) is 1. The van der Waals surface area contributed by atoms with E-state index in [1.54, 1.807) is 43.3 Å². The summed E-state index contributed by atoms with van der Waals surface area (Å²) in [5.74, 6) is 2.82. The zero-order valence-electron chi connectivity index (χ0n) is 19.4. The van der Waals surface area contributed by atoms with Gasteiger partial charge in [-0.15, -0.1) is 5.92 Å². The lowest BCUT2D eigenvalue weighted by molar-refractivity contribution is -0.140. The van der Waals surface area contributed by atoms with Crippen molar-refractivity contribution in [2.75, 3.05) is 17.2 Å². The van der Waals surface area contributed by atoms with Crippen LogP contribution in [0, 0.1) is 11.8 Å². The highest BCUT2D eigenvalue weighted by atomic mass is 16.4. The Balaban J connectivity index is 1.79. The van der Waals surface area contributed by atoms with E-state index in [-0.39, 0.29) is 29.9 Å². The number of H-pyrrole nitrogens is 1. The van der Waals surface area contributed by atoms with Crippen LogP contribution in [0.4, 0.5) is 11.6 Å². The van der Waals surface area contributed by atoms with Crippen molar-refractivity contribution in [1.29, 1.82) is 0 Å². The van der Waals surface area contributed by atoms with Crippen LogP contribution < -0.4 is 21.5 Å². The van der Waals surface area contributed by atoms with Crippen molar-refractivity contribution in [2.24, 2.45) is 0 Å². The third-order valence-electron chi connectivity index (χ3n) is 5.35. The zero-order chi connectivity index (χ0) is 26.2. The van der Waals surface area contributed by atoms with Crippen molar-refractivity contribution >= 4 is 40.4 Å². The monoisotopic (exact) mass is 491 g/mol. The maximum atomic E-state index is 12.5. The van der Waals surface area contributed by atoms with Crippen LogP contribution in [0.15, 0.2) is 47.3 Å². The van der Waals surface area contributed by atoms with Gasteiger partial charge in [0.15, 0.2) is 0 Å². The summed E-state index contributed by atoms with van der Waals surface area (Å²) in [5.41, 5.74) is 7.56. The van der Waals surface area contributed by atoms with Crippen LogP contribution in [0.1, 0.15) is 35.7 Å². The van der Waals surface area contributed by atoms with E-state index in [0.717, 1.165) is 11.3 Å². The minimum Gasteiger partial charge on any atom is -0.481 e. The van der Waals surface area contributed by atoms with Gasteiger partial charge in [-0.3, -0.25) is 19.4 Å².